The maximum atomic E-state index is 13.0. The minimum absolute atomic E-state index is 0.361. The zero-order valence-corrected chi connectivity index (χ0v) is 12.5. The van der Waals surface area contributed by atoms with Crippen LogP contribution >= 0.6 is 0 Å². The first-order valence-corrected chi connectivity index (χ1v) is 7.24. The average molecular weight is 288 g/mol. The van der Waals surface area contributed by atoms with Crippen LogP contribution in [-0.2, 0) is 5.54 Å². The zero-order chi connectivity index (χ0) is 15.3. The van der Waals surface area contributed by atoms with Crippen molar-refractivity contribution in [3.05, 3.63) is 59.7 Å². The Morgan fingerprint density at radius 2 is 1.86 bits per heavy atom. The Bertz CT molecular complexity index is 568. The normalized spacial score (nSPS) is 13.7. The van der Waals surface area contributed by atoms with Crippen molar-refractivity contribution >= 4 is 0 Å². The van der Waals surface area contributed by atoms with Crippen LogP contribution in [0.4, 0.5) is 4.39 Å². The summed E-state index contributed by atoms with van der Waals surface area (Å²) in [6, 6.07) is 10.7. The first-order chi connectivity index (χ1) is 10.1. The number of hydrogen-bond acceptors (Lipinski definition) is 3. The molecule has 0 aliphatic heterocycles. The van der Waals surface area contributed by atoms with Crippen molar-refractivity contribution in [3.8, 4) is 5.75 Å². The van der Waals surface area contributed by atoms with E-state index in [1.807, 2.05) is 31.2 Å². The maximum Gasteiger partial charge on any atom is 0.141 e. The average Bonchev–Trinajstić information content (AvgIpc) is 2.53. The fourth-order valence-electron chi connectivity index (χ4n) is 2.24. The molecule has 0 fully saturated rings. The summed E-state index contributed by atoms with van der Waals surface area (Å²) in [7, 11) is 0. The highest BCUT2D eigenvalue weighted by Gasteiger charge is 2.29. The first-order valence-electron chi connectivity index (χ1n) is 7.24. The molecule has 0 saturated carbocycles. The highest BCUT2D eigenvalue weighted by molar-refractivity contribution is 5.37. The third kappa shape index (κ3) is 3.39. The molecule has 0 saturated heterocycles. The Kier molecular flexibility index (Phi) is 4.91. The lowest BCUT2D eigenvalue weighted by atomic mass is 9.85. The van der Waals surface area contributed by atoms with Crippen LogP contribution in [0.25, 0.3) is 0 Å². The molecular formula is C17H21FN2O. The summed E-state index contributed by atoms with van der Waals surface area (Å²) < 4.78 is 18.6. The molecule has 0 aliphatic carbocycles. The minimum atomic E-state index is -0.725. The van der Waals surface area contributed by atoms with Crippen molar-refractivity contribution in [2.75, 3.05) is 6.61 Å². The quantitative estimate of drug-likeness (QED) is 0.883. The molecule has 1 atom stereocenters. The van der Waals surface area contributed by atoms with E-state index in [1.165, 1.54) is 12.3 Å². The third-order valence-corrected chi connectivity index (χ3v) is 3.58. The Hall–Kier alpha value is -1.94. The standard InChI is InChI=1S/C17H21FN2O/c1-3-11-21-15-8-5-13(6-9-15)17(19,4-2)16-10-7-14(18)12-20-16/h5-10,12H,3-4,11,19H2,1-2H3. The van der Waals surface area contributed by atoms with Crippen molar-refractivity contribution < 1.29 is 9.13 Å². The van der Waals surface area contributed by atoms with Gasteiger partial charge in [0.2, 0.25) is 0 Å². The number of nitrogens with zero attached hydrogens (tertiary/aromatic N) is 1. The van der Waals surface area contributed by atoms with Gasteiger partial charge in [-0.15, -0.1) is 0 Å². The van der Waals surface area contributed by atoms with Gasteiger partial charge in [-0.2, -0.15) is 0 Å². The van der Waals surface area contributed by atoms with Gasteiger partial charge in [-0.05, 0) is 42.7 Å². The van der Waals surface area contributed by atoms with E-state index in [0.717, 1.165) is 17.7 Å². The zero-order valence-electron chi connectivity index (χ0n) is 12.5. The number of benzene rings is 1. The van der Waals surface area contributed by atoms with Gasteiger partial charge in [0.05, 0.1) is 24.0 Å². The van der Waals surface area contributed by atoms with Gasteiger partial charge < -0.3 is 10.5 Å². The van der Waals surface area contributed by atoms with Gasteiger partial charge >= 0.3 is 0 Å². The molecule has 21 heavy (non-hydrogen) atoms. The van der Waals surface area contributed by atoms with E-state index >= 15 is 0 Å². The molecular weight excluding hydrogens is 267 g/mol. The molecule has 0 radical (unpaired) electrons. The highest BCUT2D eigenvalue weighted by atomic mass is 19.1. The number of rotatable bonds is 6. The van der Waals surface area contributed by atoms with Gasteiger partial charge in [0, 0.05) is 0 Å². The fraction of sp³-hybridized carbons (Fsp3) is 0.353. The number of ether oxygens (including phenoxy) is 1. The number of nitrogens with two attached hydrogens (primary N) is 1. The first kappa shape index (κ1) is 15.4. The largest absolute Gasteiger partial charge is 0.494 e. The SMILES string of the molecule is CCCOc1ccc(C(N)(CC)c2ccc(F)cn2)cc1. The summed E-state index contributed by atoms with van der Waals surface area (Å²) in [6.45, 7) is 4.75. The molecule has 1 heterocycles. The second-order valence-corrected chi connectivity index (χ2v) is 5.06. The molecule has 3 nitrogen and oxygen atoms in total. The summed E-state index contributed by atoms with van der Waals surface area (Å²) in [5, 5.41) is 0. The molecule has 2 aromatic rings. The Morgan fingerprint density at radius 1 is 1.14 bits per heavy atom. The van der Waals surface area contributed by atoms with E-state index in [9.17, 15) is 4.39 Å². The predicted molar refractivity (Wildman–Crippen MR) is 81.7 cm³/mol. The predicted octanol–water partition coefficient (Wildman–Crippen LogP) is 3.62. The van der Waals surface area contributed by atoms with Crippen LogP contribution in [0.3, 0.4) is 0 Å². The topological polar surface area (TPSA) is 48.1 Å². The lowest BCUT2D eigenvalue weighted by molar-refractivity contribution is 0.317. The van der Waals surface area contributed by atoms with Crippen molar-refractivity contribution in [3.63, 3.8) is 0 Å². The van der Waals surface area contributed by atoms with Crippen LogP contribution in [0, 0.1) is 5.82 Å². The Labute approximate surface area is 125 Å². The number of pyridine rings is 1. The van der Waals surface area contributed by atoms with Gasteiger partial charge in [0.25, 0.3) is 0 Å². The number of halogens is 1. The number of hydrogen-bond donors (Lipinski definition) is 1. The van der Waals surface area contributed by atoms with Crippen molar-refractivity contribution in [2.24, 2.45) is 5.73 Å². The van der Waals surface area contributed by atoms with Crippen LogP contribution < -0.4 is 10.5 Å². The third-order valence-electron chi connectivity index (χ3n) is 3.58. The molecule has 1 unspecified atom stereocenters. The lowest BCUT2D eigenvalue weighted by Gasteiger charge is -2.28. The van der Waals surface area contributed by atoms with E-state index in [4.69, 9.17) is 10.5 Å². The van der Waals surface area contributed by atoms with Gasteiger partial charge in [-0.1, -0.05) is 26.0 Å². The molecule has 1 aromatic carbocycles. The van der Waals surface area contributed by atoms with Gasteiger partial charge in [-0.3, -0.25) is 4.98 Å². The second-order valence-electron chi connectivity index (χ2n) is 5.06. The smallest absolute Gasteiger partial charge is 0.141 e. The van der Waals surface area contributed by atoms with Crippen molar-refractivity contribution in [2.45, 2.75) is 32.2 Å². The molecule has 1 aromatic heterocycles. The van der Waals surface area contributed by atoms with E-state index in [0.29, 0.717) is 18.7 Å². The fourth-order valence-corrected chi connectivity index (χ4v) is 2.24. The van der Waals surface area contributed by atoms with E-state index in [1.54, 1.807) is 6.07 Å². The summed E-state index contributed by atoms with van der Waals surface area (Å²) in [4.78, 5) is 4.14. The Balaban J connectivity index is 2.29. The van der Waals surface area contributed by atoms with Gasteiger partial charge in [0.1, 0.15) is 11.6 Å². The van der Waals surface area contributed by atoms with Crippen LogP contribution in [0.1, 0.15) is 37.9 Å². The van der Waals surface area contributed by atoms with Crippen LogP contribution in [0.15, 0.2) is 42.6 Å². The summed E-state index contributed by atoms with van der Waals surface area (Å²) in [5.41, 5.74) is 7.39. The summed E-state index contributed by atoms with van der Waals surface area (Å²) in [5.74, 6) is 0.464. The Morgan fingerprint density at radius 3 is 2.38 bits per heavy atom. The van der Waals surface area contributed by atoms with E-state index in [2.05, 4.69) is 11.9 Å². The van der Waals surface area contributed by atoms with E-state index < -0.39 is 5.54 Å². The van der Waals surface area contributed by atoms with Crippen molar-refractivity contribution in [1.29, 1.82) is 0 Å². The van der Waals surface area contributed by atoms with Gasteiger partial charge in [-0.25, -0.2) is 4.39 Å². The monoisotopic (exact) mass is 288 g/mol. The molecule has 0 amide bonds. The molecule has 0 bridgehead atoms. The molecule has 4 heteroatoms. The molecule has 2 rings (SSSR count). The highest BCUT2D eigenvalue weighted by Crippen LogP contribution is 2.30. The van der Waals surface area contributed by atoms with Gasteiger partial charge in [0.15, 0.2) is 0 Å². The maximum absolute atomic E-state index is 13.0. The molecule has 0 spiro atoms. The minimum Gasteiger partial charge on any atom is -0.494 e. The van der Waals surface area contributed by atoms with Crippen molar-refractivity contribution in [1.82, 2.24) is 4.98 Å². The molecule has 0 aliphatic rings. The summed E-state index contributed by atoms with van der Waals surface area (Å²) in [6.07, 6.45) is 2.84. The molecule has 112 valence electrons. The van der Waals surface area contributed by atoms with Crippen LogP contribution in [-0.4, -0.2) is 11.6 Å². The van der Waals surface area contributed by atoms with Crippen LogP contribution in [0.5, 0.6) is 5.75 Å². The number of aromatic nitrogens is 1. The molecule has 2 N–H and O–H groups in total. The van der Waals surface area contributed by atoms with Crippen LogP contribution in [0.2, 0.25) is 0 Å². The van der Waals surface area contributed by atoms with E-state index in [-0.39, 0.29) is 5.82 Å². The summed E-state index contributed by atoms with van der Waals surface area (Å²) >= 11 is 0. The lowest BCUT2D eigenvalue weighted by Crippen LogP contribution is -2.38. The second kappa shape index (κ2) is 6.68.